The number of carbonyl (C=O) groups excluding carboxylic acids is 3. The summed E-state index contributed by atoms with van der Waals surface area (Å²) in [6.07, 6.45) is 0. The zero-order valence-corrected chi connectivity index (χ0v) is 18.5. The lowest BCUT2D eigenvalue weighted by Crippen LogP contribution is -2.57. The van der Waals surface area contributed by atoms with E-state index in [0.717, 1.165) is 27.2 Å². The molecule has 1 aliphatic heterocycles. The second-order valence-electron chi connectivity index (χ2n) is 8.59. The lowest BCUT2D eigenvalue weighted by Gasteiger charge is -2.54. The number of anilines is 1. The first-order chi connectivity index (χ1) is 15.3. The van der Waals surface area contributed by atoms with Gasteiger partial charge in [-0.1, -0.05) is 60.7 Å². The van der Waals surface area contributed by atoms with E-state index in [2.05, 4.69) is 0 Å². The molecule has 2 atom stereocenters. The quantitative estimate of drug-likeness (QED) is 0.307. The molecule has 1 heterocycles. The Hall–Kier alpha value is -2.95. The number of imide groups is 1. The van der Waals surface area contributed by atoms with Crippen LogP contribution in [0.15, 0.2) is 72.8 Å². The van der Waals surface area contributed by atoms with Gasteiger partial charge in [-0.2, -0.15) is 0 Å². The summed E-state index contributed by atoms with van der Waals surface area (Å²) in [5.41, 5.74) is 3.83. The fourth-order valence-electron chi connectivity index (χ4n) is 5.79. The van der Waals surface area contributed by atoms with E-state index < -0.39 is 33.4 Å². The minimum absolute atomic E-state index is 0.147. The van der Waals surface area contributed by atoms with Crippen molar-refractivity contribution < 1.29 is 14.4 Å². The van der Waals surface area contributed by atoms with Crippen molar-refractivity contribution in [3.8, 4) is 0 Å². The van der Waals surface area contributed by atoms with Crippen molar-refractivity contribution in [3.63, 3.8) is 0 Å². The van der Waals surface area contributed by atoms with Gasteiger partial charge in [0.2, 0.25) is 11.8 Å². The number of hydrogen-bond donors (Lipinski definition) is 0. The predicted molar refractivity (Wildman–Crippen MR) is 122 cm³/mol. The smallest absolute Gasteiger partial charge is 0.240 e. The van der Waals surface area contributed by atoms with Crippen molar-refractivity contribution in [3.05, 3.63) is 101 Å². The second-order valence-corrected chi connectivity index (χ2v) is 9.78. The zero-order valence-electron chi connectivity index (χ0n) is 17.0. The first-order valence-corrected chi connectivity index (χ1v) is 11.1. The van der Waals surface area contributed by atoms with Crippen LogP contribution in [0.1, 0.15) is 39.5 Å². The highest BCUT2D eigenvalue weighted by atomic mass is 35.5. The molecule has 0 aromatic heterocycles. The van der Waals surface area contributed by atoms with Gasteiger partial charge in [-0.15, -0.1) is 23.2 Å². The SMILES string of the molecule is CC(=O)c1cccc(N2C(=O)[C@@H]3[C@@H](C2=O)C2(Cl)c4ccccc4C3(Cl)c3ccccc32)c1. The molecule has 6 heteroatoms. The molecule has 2 bridgehead atoms. The fourth-order valence-corrected chi connectivity index (χ4v) is 6.88. The van der Waals surface area contributed by atoms with Gasteiger partial charge in [0.1, 0.15) is 9.75 Å². The van der Waals surface area contributed by atoms with Crippen LogP contribution in [-0.2, 0) is 19.3 Å². The van der Waals surface area contributed by atoms with Crippen LogP contribution in [0.25, 0.3) is 0 Å². The van der Waals surface area contributed by atoms with Crippen LogP contribution < -0.4 is 4.90 Å². The van der Waals surface area contributed by atoms with Crippen LogP contribution in [0.3, 0.4) is 0 Å². The van der Waals surface area contributed by atoms with Crippen LogP contribution in [0.2, 0.25) is 0 Å². The third-order valence-corrected chi connectivity index (χ3v) is 8.38. The summed E-state index contributed by atoms with van der Waals surface area (Å²) in [4.78, 5) is 38.4. The van der Waals surface area contributed by atoms with E-state index in [1.54, 1.807) is 24.3 Å². The molecule has 4 nitrogen and oxygen atoms in total. The van der Waals surface area contributed by atoms with Gasteiger partial charge in [-0.3, -0.25) is 14.4 Å². The molecule has 0 radical (unpaired) electrons. The predicted octanol–water partition coefficient (Wildman–Crippen LogP) is 4.99. The molecule has 3 aromatic carbocycles. The van der Waals surface area contributed by atoms with E-state index in [1.165, 1.54) is 6.92 Å². The first kappa shape index (κ1) is 19.7. The maximum Gasteiger partial charge on any atom is 0.240 e. The van der Waals surface area contributed by atoms with E-state index in [-0.39, 0.29) is 5.78 Å². The molecule has 0 unspecified atom stereocenters. The minimum atomic E-state index is -1.21. The summed E-state index contributed by atoms with van der Waals surface area (Å²) >= 11 is 14.8. The Morgan fingerprint density at radius 1 is 0.750 bits per heavy atom. The van der Waals surface area contributed by atoms with E-state index in [9.17, 15) is 14.4 Å². The standard InChI is InChI=1S/C26H17Cl2NO3/c1-14(30)15-7-6-8-16(13-15)29-23(31)21-22(24(29)32)26(28)18-10-3-2-9-17(18)25(21,27)19-11-4-5-12-20(19)26/h2-13,21-22H,1H3/t21-,22-,25?,26?/m0/s1. The second kappa shape index (κ2) is 6.31. The average Bonchev–Trinajstić information content (AvgIpc) is 3.08. The Balaban J connectivity index is 1.63. The number of nitrogens with zero attached hydrogens (tertiary/aromatic N) is 1. The number of halogens is 2. The van der Waals surface area contributed by atoms with Gasteiger partial charge in [0.15, 0.2) is 5.78 Å². The lowest BCUT2D eigenvalue weighted by molar-refractivity contribution is -0.122. The molecule has 0 N–H and O–H groups in total. The average molecular weight is 462 g/mol. The number of Topliss-reactive ketones (excluding diaryl/α,β-unsaturated/α-hetero) is 1. The molecule has 2 amide bonds. The third kappa shape index (κ3) is 2.12. The first-order valence-electron chi connectivity index (χ1n) is 10.4. The lowest BCUT2D eigenvalue weighted by atomic mass is 9.54. The molecule has 32 heavy (non-hydrogen) atoms. The highest BCUT2D eigenvalue weighted by Gasteiger charge is 2.73. The van der Waals surface area contributed by atoms with Gasteiger partial charge in [0.25, 0.3) is 0 Å². The molecular weight excluding hydrogens is 445 g/mol. The zero-order chi connectivity index (χ0) is 22.4. The summed E-state index contributed by atoms with van der Waals surface area (Å²) < 4.78 is 0. The Kier molecular flexibility index (Phi) is 3.88. The monoisotopic (exact) mass is 461 g/mol. The van der Waals surface area contributed by atoms with Gasteiger partial charge >= 0.3 is 0 Å². The van der Waals surface area contributed by atoms with Crippen LogP contribution in [0.5, 0.6) is 0 Å². The van der Waals surface area contributed by atoms with Crippen LogP contribution in [0.4, 0.5) is 5.69 Å². The normalized spacial score (nSPS) is 29.5. The molecule has 1 fully saturated rings. The Labute approximate surface area is 194 Å². The summed E-state index contributed by atoms with van der Waals surface area (Å²) in [6.45, 7) is 1.45. The van der Waals surface area contributed by atoms with Crippen molar-refractivity contribution in [2.75, 3.05) is 4.90 Å². The van der Waals surface area contributed by atoms with Gasteiger partial charge < -0.3 is 0 Å². The van der Waals surface area contributed by atoms with Gasteiger partial charge in [-0.05, 0) is 41.3 Å². The largest absolute Gasteiger partial charge is 0.295 e. The van der Waals surface area contributed by atoms with E-state index in [0.29, 0.717) is 11.3 Å². The minimum Gasteiger partial charge on any atom is -0.295 e. The molecule has 1 saturated heterocycles. The maximum absolute atomic E-state index is 13.9. The number of alkyl halides is 2. The Morgan fingerprint density at radius 2 is 1.19 bits per heavy atom. The fraction of sp³-hybridized carbons (Fsp3) is 0.192. The number of rotatable bonds is 2. The van der Waals surface area contributed by atoms with Crippen molar-refractivity contribution >= 4 is 46.5 Å². The number of amides is 2. The van der Waals surface area contributed by atoms with E-state index in [4.69, 9.17) is 23.2 Å². The van der Waals surface area contributed by atoms with Gasteiger partial charge in [-0.25, -0.2) is 4.90 Å². The number of hydrogen-bond acceptors (Lipinski definition) is 3. The summed E-state index contributed by atoms with van der Waals surface area (Å²) in [7, 11) is 0. The molecule has 3 aromatic rings. The molecule has 0 spiro atoms. The number of carbonyl (C=O) groups is 3. The molecule has 158 valence electrons. The van der Waals surface area contributed by atoms with E-state index in [1.807, 2.05) is 48.5 Å². The third-order valence-electron chi connectivity index (χ3n) is 7.10. The van der Waals surface area contributed by atoms with Crippen molar-refractivity contribution in [2.24, 2.45) is 11.8 Å². The van der Waals surface area contributed by atoms with Crippen LogP contribution >= 0.6 is 23.2 Å². The van der Waals surface area contributed by atoms with Crippen molar-refractivity contribution in [1.82, 2.24) is 0 Å². The van der Waals surface area contributed by atoms with Gasteiger partial charge in [0.05, 0.1) is 17.5 Å². The topological polar surface area (TPSA) is 54.5 Å². The molecule has 7 rings (SSSR count). The molecule has 3 aliphatic carbocycles. The van der Waals surface area contributed by atoms with Crippen LogP contribution in [-0.4, -0.2) is 17.6 Å². The highest BCUT2D eigenvalue weighted by Crippen LogP contribution is 2.69. The van der Waals surface area contributed by atoms with Gasteiger partial charge in [0, 0.05) is 5.56 Å². The maximum atomic E-state index is 13.9. The molecule has 0 saturated carbocycles. The Bertz CT molecular complexity index is 1240. The summed E-state index contributed by atoms with van der Waals surface area (Å²) in [5, 5.41) is 0. The highest BCUT2D eigenvalue weighted by molar-refractivity contribution is 6.38. The van der Waals surface area contributed by atoms with E-state index >= 15 is 0 Å². The molecule has 4 aliphatic rings. The van der Waals surface area contributed by atoms with Crippen molar-refractivity contribution in [2.45, 2.75) is 16.7 Å². The number of ketones is 1. The summed E-state index contributed by atoms with van der Waals surface area (Å²) in [5.74, 6) is -2.67. The van der Waals surface area contributed by atoms with Crippen molar-refractivity contribution in [1.29, 1.82) is 0 Å². The van der Waals surface area contributed by atoms with Crippen LogP contribution in [0, 0.1) is 11.8 Å². The number of benzene rings is 3. The molecular formula is C26H17Cl2NO3. The summed E-state index contributed by atoms with van der Waals surface area (Å²) in [6, 6.07) is 21.6. The Morgan fingerprint density at radius 3 is 1.59 bits per heavy atom.